The summed E-state index contributed by atoms with van der Waals surface area (Å²) in [6, 6.07) is 0. The van der Waals surface area contributed by atoms with Gasteiger partial charge in [0, 0.05) is 14.2 Å². The Morgan fingerprint density at radius 3 is 1.88 bits per heavy atom. The van der Waals surface area contributed by atoms with Gasteiger partial charge in [-0.1, -0.05) is 0 Å². The Morgan fingerprint density at radius 2 is 1.75 bits per heavy atom. The third kappa shape index (κ3) is 3.33. The molecule has 0 heterocycles. The minimum Gasteiger partial charge on any atom is -0.316 e. The van der Waals surface area contributed by atoms with Crippen LogP contribution < -0.4 is 0 Å². The monoisotopic (exact) mass is 138 g/mol. The van der Waals surface area contributed by atoms with Gasteiger partial charge in [0.2, 0.25) is 0 Å². The maximum atomic E-state index is 4.96. The molecule has 0 amide bonds. The zero-order valence-electron chi connectivity index (χ0n) is 5.38. The van der Waals surface area contributed by atoms with Gasteiger partial charge in [-0.15, -0.1) is 0 Å². The van der Waals surface area contributed by atoms with E-state index in [2.05, 4.69) is 0 Å². The van der Waals surface area contributed by atoms with Crippen LogP contribution >= 0.6 is 8.60 Å². The van der Waals surface area contributed by atoms with E-state index in [1.807, 2.05) is 6.92 Å². The molecule has 4 heteroatoms. The summed E-state index contributed by atoms with van der Waals surface area (Å²) in [5.41, 5.74) is 0. The predicted molar refractivity (Wildman–Crippen MR) is 32.6 cm³/mol. The molecule has 0 aliphatic rings. The Balaban J connectivity index is 3.07. The normalized spacial score (nSPS) is 10.5. The lowest BCUT2D eigenvalue weighted by Gasteiger charge is -2.08. The highest BCUT2D eigenvalue weighted by atomic mass is 31.2. The summed E-state index contributed by atoms with van der Waals surface area (Å²) in [4.78, 5) is 0. The summed E-state index contributed by atoms with van der Waals surface area (Å²) in [5, 5.41) is 0. The van der Waals surface area contributed by atoms with Crippen LogP contribution in [-0.2, 0) is 13.6 Å². The van der Waals surface area contributed by atoms with Gasteiger partial charge in [0.25, 0.3) is 0 Å². The van der Waals surface area contributed by atoms with Crippen LogP contribution in [0.1, 0.15) is 6.92 Å². The molecule has 0 aliphatic carbocycles. The molecule has 0 radical (unpaired) electrons. The fourth-order valence-electron chi connectivity index (χ4n) is 0.285. The van der Waals surface area contributed by atoms with Gasteiger partial charge in [0.1, 0.15) is 0 Å². The molecule has 0 aliphatic heterocycles. The van der Waals surface area contributed by atoms with Crippen molar-refractivity contribution in [1.82, 2.24) is 0 Å². The fraction of sp³-hybridized carbons (Fsp3) is 1.00. The summed E-state index contributed by atoms with van der Waals surface area (Å²) < 4.78 is 14.5. The zero-order valence-corrected chi connectivity index (χ0v) is 6.27. The SMILES string of the molecule is CCOP(OC)OC. The minimum absolute atomic E-state index is 0.632. The predicted octanol–water partition coefficient (Wildman–Crippen LogP) is 1.54. The molecular weight excluding hydrogens is 127 g/mol. The second-order valence-electron chi connectivity index (χ2n) is 1.01. The molecule has 0 saturated carbocycles. The Labute approximate surface area is 50.9 Å². The lowest BCUT2D eigenvalue weighted by atomic mass is 10.9. The van der Waals surface area contributed by atoms with E-state index in [4.69, 9.17) is 13.6 Å². The highest BCUT2D eigenvalue weighted by molar-refractivity contribution is 7.41. The van der Waals surface area contributed by atoms with Crippen molar-refractivity contribution in [3.8, 4) is 0 Å². The van der Waals surface area contributed by atoms with Crippen LogP contribution in [0, 0.1) is 0 Å². The van der Waals surface area contributed by atoms with Gasteiger partial charge in [-0.05, 0) is 6.92 Å². The van der Waals surface area contributed by atoms with Crippen molar-refractivity contribution in [2.24, 2.45) is 0 Å². The molecule has 0 saturated heterocycles. The van der Waals surface area contributed by atoms with Gasteiger partial charge in [-0.3, -0.25) is 0 Å². The van der Waals surface area contributed by atoms with Crippen molar-refractivity contribution < 1.29 is 13.6 Å². The first-order chi connectivity index (χ1) is 3.85. The molecule has 0 aromatic heterocycles. The van der Waals surface area contributed by atoms with Crippen LogP contribution in [0.15, 0.2) is 0 Å². The lowest BCUT2D eigenvalue weighted by Crippen LogP contribution is -1.87. The Kier molecular flexibility index (Phi) is 5.66. The van der Waals surface area contributed by atoms with Crippen molar-refractivity contribution in [3.05, 3.63) is 0 Å². The smallest absolute Gasteiger partial charge is 0.316 e. The van der Waals surface area contributed by atoms with E-state index >= 15 is 0 Å². The van der Waals surface area contributed by atoms with Crippen molar-refractivity contribution >= 4 is 8.60 Å². The summed E-state index contributed by atoms with van der Waals surface area (Å²) in [5.74, 6) is 0. The van der Waals surface area contributed by atoms with Crippen molar-refractivity contribution in [3.63, 3.8) is 0 Å². The molecule has 0 N–H and O–H groups in total. The van der Waals surface area contributed by atoms with Crippen LogP contribution in [0.3, 0.4) is 0 Å². The molecular formula is C4H11O3P. The quantitative estimate of drug-likeness (QED) is 0.551. The summed E-state index contributed by atoms with van der Waals surface area (Å²) in [7, 11) is 2.06. The van der Waals surface area contributed by atoms with Crippen molar-refractivity contribution in [1.29, 1.82) is 0 Å². The standard InChI is InChI=1S/C4H11O3P/c1-4-7-8(5-2)6-3/h4H2,1-3H3. The third-order valence-electron chi connectivity index (χ3n) is 0.533. The molecule has 0 bridgehead atoms. The highest BCUT2D eigenvalue weighted by Crippen LogP contribution is 2.36. The molecule has 0 atom stereocenters. The van der Waals surface area contributed by atoms with E-state index in [1.54, 1.807) is 14.2 Å². The van der Waals surface area contributed by atoms with Gasteiger partial charge < -0.3 is 13.6 Å². The van der Waals surface area contributed by atoms with E-state index in [-0.39, 0.29) is 0 Å². The van der Waals surface area contributed by atoms with E-state index in [9.17, 15) is 0 Å². The van der Waals surface area contributed by atoms with Gasteiger partial charge in [0.05, 0.1) is 6.61 Å². The molecule has 0 aromatic carbocycles. The summed E-state index contributed by atoms with van der Waals surface area (Å²) in [6.45, 7) is 2.53. The molecule has 8 heavy (non-hydrogen) atoms. The first kappa shape index (κ1) is 8.31. The second kappa shape index (κ2) is 5.45. The minimum atomic E-state index is -1.06. The summed E-state index contributed by atoms with van der Waals surface area (Å²) in [6.07, 6.45) is 0. The van der Waals surface area contributed by atoms with E-state index in [0.29, 0.717) is 6.61 Å². The molecule has 0 unspecified atom stereocenters. The van der Waals surface area contributed by atoms with Crippen LogP contribution in [0.4, 0.5) is 0 Å². The van der Waals surface area contributed by atoms with Crippen LogP contribution in [0.25, 0.3) is 0 Å². The Bertz CT molecular complexity index is 46.5. The Hall–Kier alpha value is 0.310. The largest absolute Gasteiger partial charge is 0.332 e. The maximum Gasteiger partial charge on any atom is 0.332 e. The van der Waals surface area contributed by atoms with E-state index in [0.717, 1.165) is 0 Å². The van der Waals surface area contributed by atoms with Crippen molar-refractivity contribution in [2.45, 2.75) is 6.92 Å². The molecule has 50 valence electrons. The first-order valence-electron chi connectivity index (χ1n) is 2.36. The average molecular weight is 138 g/mol. The molecule has 0 rings (SSSR count). The van der Waals surface area contributed by atoms with Gasteiger partial charge >= 0.3 is 8.60 Å². The molecule has 0 fully saturated rings. The first-order valence-corrected chi connectivity index (χ1v) is 3.46. The van der Waals surface area contributed by atoms with Crippen LogP contribution in [-0.4, -0.2) is 20.8 Å². The highest BCUT2D eigenvalue weighted by Gasteiger charge is 2.03. The average Bonchev–Trinajstić information content (AvgIpc) is 1.83. The van der Waals surface area contributed by atoms with E-state index < -0.39 is 8.60 Å². The van der Waals surface area contributed by atoms with Crippen LogP contribution in [0.5, 0.6) is 0 Å². The van der Waals surface area contributed by atoms with Crippen LogP contribution in [0.2, 0.25) is 0 Å². The summed E-state index contributed by atoms with van der Waals surface area (Å²) >= 11 is 0. The molecule has 0 spiro atoms. The van der Waals surface area contributed by atoms with Crippen molar-refractivity contribution in [2.75, 3.05) is 20.8 Å². The van der Waals surface area contributed by atoms with Gasteiger partial charge in [-0.2, -0.15) is 0 Å². The molecule has 0 aromatic rings. The lowest BCUT2D eigenvalue weighted by molar-refractivity contribution is 0.214. The Morgan fingerprint density at radius 1 is 1.25 bits per heavy atom. The van der Waals surface area contributed by atoms with Gasteiger partial charge in [-0.25, -0.2) is 0 Å². The number of hydrogen-bond donors (Lipinski definition) is 0. The van der Waals surface area contributed by atoms with Gasteiger partial charge in [0.15, 0.2) is 0 Å². The number of hydrogen-bond acceptors (Lipinski definition) is 3. The molecule has 3 nitrogen and oxygen atoms in total. The fourth-order valence-corrected chi connectivity index (χ4v) is 0.856. The topological polar surface area (TPSA) is 27.7 Å². The second-order valence-corrected chi connectivity index (χ2v) is 2.44. The zero-order chi connectivity index (χ0) is 6.41. The maximum absolute atomic E-state index is 4.96. The third-order valence-corrected chi connectivity index (χ3v) is 1.60. The number of rotatable bonds is 4. The van der Waals surface area contributed by atoms with E-state index in [1.165, 1.54) is 0 Å².